The number of likely N-dealkylation sites (tertiary alicyclic amines) is 1. The van der Waals surface area contributed by atoms with E-state index in [0.717, 1.165) is 0 Å². The topological polar surface area (TPSA) is 74.3 Å². The van der Waals surface area contributed by atoms with Crippen LogP contribution in [0, 0.1) is 0 Å². The molecule has 0 spiro atoms. The molecule has 0 aromatic heterocycles. The molecule has 0 N–H and O–H groups in total. The Kier molecular flexibility index (Phi) is 9.70. The Hall–Kier alpha value is -2.84. The van der Waals surface area contributed by atoms with Crippen molar-refractivity contribution >= 4 is 30.9 Å². The Bertz CT molecular complexity index is 1130. The van der Waals surface area contributed by atoms with E-state index in [1.807, 2.05) is 39.8 Å². The number of hydrogen-bond donors (Lipinski definition) is 0. The van der Waals surface area contributed by atoms with Crippen LogP contribution in [0.2, 0.25) is 5.04 Å². The number of benzene rings is 2. The number of rotatable bonds is 6. The highest BCUT2D eigenvalue weighted by molar-refractivity contribution is 6.99. The molecular weight excluding hydrogens is 534 g/mol. The van der Waals surface area contributed by atoms with E-state index in [-0.39, 0.29) is 17.6 Å². The van der Waals surface area contributed by atoms with Crippen LogP contribution < -0.4 is 10.4 Å². The molecule has 3 rings (SSSR count). The van der Waals surface area contributed by atoms with Gasteiger partial charge in [-0.15, -0.1) is 0 Å². The fraction of sp³-hybridized carbons (Fsp3) is 0.576. The van der Waals surface area contributed by atoms with Crippen molar-refractivity contribution < 1.29 is 28.2 Å². The number of piperidine rings is 1. The van der Waals surface area contributed by atoms with E-state index in [1.165, 1.54) is 10.4 Å². The Labute approximate surface area is 247 Å². The number of ether oxygens (including phenoxy) is 3. The summed E-state index contributed by atoms with van der Waals surface area (Å²) in [6.07, 6.45) is -0.0599. The molecule has 0 aliphatic carbocycles. The van der Waals surface area contributed by atoms with E-state index in [1.54, 1.807) is 25.7 Å². The minimum Gasteiger partial charge on any atom is -0.444 e. The number of hydrogen-bond acceptors (Lipinski definition) is 6. The van der Waals surface area contributed by atoms with Crippen LogP contribution in [0.15, 0.2) is 60.7 Å². The van der Waals surface area contributed by atoms with Gasteiger partial charge in [0.2, 0.25) is 0 Å². The Morgan fingerprint density at radius 1 is 0.829 bits per heavy atom. The molecule has 2 aromatic carbocycles. The summed E-state index contributed by atoms with van der Waals surface area (Å²) in [6.45, 7) is 20.0. The first-order valence-electron chi connectivity index (χ1n) is 14.5. The summed E-state index contributed by atoms with van der Waals surface area (Å²) in [7, 11) is -2.82. The van der Waals surface area contributed by atoms with Gasteiger partial charge in [0.15, 0.2) is 0 Å². The first-order valence-corrected chi connectivity index (χ1v) is 16.4. The van der Waals surface area contributed by atoms with E-state index in [4.69, 9.17) is 18.6 Å². The van der Waals surface area contributed by atoms with Crippen molar-refractivity contribution in [2.75, 3.05) is 13.2 Å². The fourth-order valence-corrected chi connectivity index (χ4v) is 10.0. The van der Waals surface area contributed by atoms with Gasteiger partial charge in [0.05, 0.1) is 19.2 Å². The highest BCUT2D eigenvalue weighted by Crippen LogP contribution is 2.38. The predicted molar refractivity (Wildman–Crippen MR) is 165 cm³/mol. The lowest BCUT2D eigenvalue weighted by atomic mass is 9.90. The van der Waals surface area contributed by atoms with Crippen molar-refractivity contribution in [3.05, 3.63) is 60.7 Å². The quantitative estimate of drug-likeness (QED) is 0.279. The number of nitrogens with zero attached hydrogens (tertiary/aromatic N) is 1. The summed E-state index contributed by atoms with van der Waals surface area (Å²) in [4.78, 5) is 27.9. The molecule has 1 fully saturated rings. The van der Waals surface area contributed by atoms with E-state index >= 15 is 0 Å². The molecule has 1 amide bonds. The zero-order valence-corrected chi connectivity index (χ0v) is 27.6. The van der Waals surface area contributed by atoms with Gasteiger partial charge in [0, 0.05) is 0 Å². The largest absolute Gasteiger partial charge is 0.509 e. The number of amides is 1. The van der Waals surface area contributed by atoms with Gasteiger partial charge in [-0.2, -0.15) is 0 Å². The third kappa shape index (κ3) is 8.35. The molecule has 2 aromatic rings. The zero-order chi connectivity index (χ0) is 30.7. The zero-order valence-electron chi connectivity index (χ0n) is 26.6. The molecule has 0 bridgehead atoms. The van der Waals surface area contributed by atoms with Crippen molar-refractivity contribution in [2.45, 2.75) is 110 Å². The summed E-state index contributed by atoms with van der Waals surface area (Å²) < 4.78 is 24.2. The van der Waals surface area contributed by atoms with Crippen LogP contribution in [0.3, 0.4) is 0 Å². The van der Waals surface area contributed by atoms with Crippen LogP contribution in [-0.4, -0.2) is 61.5 Å². The minimum atomic E-state index is -2.82. The van der Waals surface area contributed by atoms with Crippen LogP contribution in [0.4, 0.5) is 9.59 Å². The van der Waals surface area contributed by atoms with E-state index in [2.05, 4.69) is 69.3 Å². The van der Waals surface area contributed by atoms with E-state index in [9.17, 15) is 9.59 Å². The van der Waals surface area contributed by atoms with Gasteiger partial charge in [-0.1, -0.05) is 81.4 Å². The van der Waals surface area contributed by atoms with Crippen molar-refractivity contribution in [1.82, 2.24) is 4.90 Å². The van der Waals surface area contributed by atoms with Gasteiger partial charge in [-0.25, -0.2) is 9.59 Å². The molecule has 2 atom stereocenters. The molecule has 226 valence electrons. The molecule has 41 heavy (non-hydrogen) atoms. The molecular formula is C33H49NO6Si. The minimum absolute atomic E-state index is 0.177. The van der Waals surface area contributed by atoms with E-state index in [0.29, 0.717) is 19.4 Å². The molecule has 0 unspecified atom stereocenters. The highest BCUT2D eigenvalue weighted by atomic mass is 28.4. The highest BCUT2D eigenvalue weighted by Gasteiger charge is 2.51. The molecule has 1 heterocycles. The first kappa shape index (κ1) is 32.7. The summed E-state index contributed by atoms with van der Waals surface area (Å²) in [6, 6.07) is 20.6. The molecule has 0 radical (unpaired) electrons. The first-order chi connectivity index (χ1) is 18.9. The summed E-state index contributed by atoms with van der Waals surface area (Å²) in [5.74, 6) is 0. The van der Waals surface area contributed by atoms with Crippen molar-refractivity contribution in [3.8, 4) is 0 Å². The SMILES string of the molecule is CC(C)(C)OC(=O)O[C@]1(C)CC[C@H](CO[Si](c2ccccc2)(c2ccccc2)C(C)(C)C)N(C(=O)OC(C)(C)C)C1. The normalized spacial score (nSPS) is 20.3. The second kappa shape index (κ2) is 12.2. The summed E-state index contributed by atoms with van der Waals surface area (Å²) in [5.41, 5.74) is -2.29. The maximum atomic E-state index is 13.6. The van der Waals surface area contributed by atoms with Gasteiger partial charge < -0.3 is 18.6 Å². The maximum Gasteiger partial charge on any atom is 0.509 e. The lowest BCUT2D eigenvalue weighted by molar-refractivity contribution is -0.0977. The monoisotopic (exact) mass is 583 g/mol. The molecule has 0 saturated carbocycles. The lowest BCUT2D eigenvalue weighted by Gasteiger charge is -2.47. The lowest BCUT2D eigenvalue weighted by Crippen LogP contribution is -2.68. The smallest absolute Gasteiger partial charge is 0.444 e. The molecule has 7 nitrogen and oxygen atoms in total. The van der Waals surface area contributed by atoms with Crippen LogP contribution in [0.5, 0.6) is 0 Å². The van der Waals surface area contributed by atoms with Crippen molar-refractivity contribution in [1.29, 1.82) is 0 Å². The second-order valence-electron chi connectivity index (χ2n) is 14.3. The van der Waals surface area contributed by atoms with Crippen molar-refractivity contribution in [3.63, 3.8) is 0 Å². The summed E-state index contributed by atoms with van der Waals surface area (Å²) in [5, 5.41) is 2.16. The molecule has 8 heteroatoms. The predicted octanol–water partition coefficient (Wildman–Crippen LogP) is 6.67. The second-order valence-corrected chi connectivity index (χ2v) is 18.6. The molecule has 1 aliphatic rings. The van der Waals surface area contributed by atoms with Gasteiger partial charge in [-0.3, -0.25) is 4.90 Å². The van der Waals surface area contributed by atoms with Gasteiger partial charge in [0.25, 0.3) is 8.32 Å². The van der Waals surface area contributed by atoms with Crippen LogP contribution in [0.25, 0.3) is 0 Å². The van der Waals surface area contributed by atoms with Gasteiger partial charge >= 0.3 is 12.2 Å². The third-order valence-corrected chi connectivity index (χ3v) is 12.2. The average Bonchev–Trinajstić information content (AvgIpc) is 2.83. The standard InChI is InChI=1S/C33H49NO6Si/c1-30(2,3)38-28(35)34-24-33(10,40-29(36)39-31(4,5)6)22-21-25(34)23-37-41(32(7,8)9,26-17-13-11-14-18-26)27-19-15-12-16-20-27/h11-20,25H,21-24H2,1-10H3/t25-,33-/m1/s1. The van der Waals surface area contributed by atoms with Crippen LogP contribution in [-0.2, 0) is 18.6 Å². The van der Waals surface area contributed by atoms with Crippen LogP contribution >= 0.6 is 0 Å². The fourth-order valence-electron chi connectivity index (χ4n) is 5.44. The van der Waals surface area contributed by atoms with Crippen molar-refractivity contribution in [2.24, 2.45) is 0 Å². The van der Waals surface area contributed by atoms with Crippen LogP contribution in [0.1, 0.15) is 82.1 Å². The molecule has 1 aliphatic heterocycles. The number of carbonyl (C=O) groups is 2. The Morgan fingerprint density at radius 2 is 1.32 bits per heavy atom. The number of carbonyl (C=O) groups excluding carboxylic acids is 2. The maximum absolute atomic E-state index is 13.6. The van der Waals surface area contributed by atoms with Gasteiger partial charge in [-0.05, 0) is 76.7 Å². The Balaban J connectivity index is 1.96. The molecule has 1 saturated heterocycles. The van der Waals surface area contributed by atoms with Gasteiger partial charge in [0.1, 0.15) is 16.8 Å². The average molecular weight is 584 g/mol. The Morgan fingerprint density at radius 3 is 1.76 bits per heavy atom. The van der Waals surface area contributed by atoms with E-state index < -0.39 is 37.4 Å². The summed E-state index contributed by atoms with van der Waals surface area (Å²) >= 11 is 0. The third-order valence-electron chi connectivity index (χ3n) is 7.21.